The third-order valence-corrected chi connectivity index (χ3v) is 4.31. The zero-order chi connectivity index (χ0) is 19.0. The fraction of sp³-hybridized carbons (Fsp3) is 0.857. The van der Waals surface area contributed by atoms with Crippen LogP contribution in [0.1, 0.15) is 34.1 Å². The number of aliphatic hydroxyl groups excluding tert-OH is 1. The molecule has 10 heteroatoms. The number of carbonyl (C=O) groups is 2. The van der Waals surface area contributed by atoms with Gasteiger partial charge in [0, 0.05) is 12.0 Å². The number of phosphoric ester groups is 1. The van der Waals surface area contributed by atoms with Gasteiger partial charge in [0.15, 0.2) is 0 Å². The molecule has 0 saturated carbocycles. The van der Waals surface area contributed by atoms with E-state index in [0.29, 0.717) is 6.54 Å². The van der Waals surface area contributed by atoms with Gasteiger partial charge in [-0.3, -0.25) is 18.6 Å². The number of aliphatic hydroxyl groups is 1. The van der Waals surface area contributed by atoms with Crippen LogP contribution in [-0.4, -0.2) is 60.6 Å². The highest BCUT2D eigenvalue weighted by molar-refractivity contribution is 7.47. The van der Waals surface area contributed by atoms with Crippen LogP contribution in [0.15, 0.2) is 0 Å². The smallest absolute Gasteiger partial charge is 0.383 e. The Bertz CT molecular complexity index is 470. The molecular weight excluding hydrogens is 339 g/mol. The molecule has 0 aliphatic rings. The molecule has 1 amide bonds. The van der Waals surface area contributed by atoms with Crippen molar-refractivity contribution in [3.05, 3.63) is 0 Å². The van der Waals surface area contributed by atoms with Gasteiger partial charge in [-0.1, -0.05) is 20.8 Å². The molecule has 0 aromatic heterocycles. The number of ketones is 1. The Morgan fingerprint density at radius 1 is 1.29 bits per heavy atom. The minimum atomic E-state index is -4.42. The molecule has 24 heavy (non-hydrogen) atoms. The summed E-state index contributed by atoms with van der Waals surface area (Å²) in [6.45, 7) is 5.95. The van der Waals surface area contributed by atoms with Crippen molar-refractivity contribution in [2.45, 2.75) is 46.3 Å². The first-order valence-electron chi connectivity index (χ1n) is 7.72. The van der Waals surface area contributed by atoms with Gasteiger partial charge in [-0.25, -0.2) is 4.57 Å². The van der Waals surface area contributed by atoms with Gasteiger partial charge >= 0.3 is 7.82 Å². The lowest BCUT2D eigenvalue weighted by molar-refractivity contribution is -0.137. The first-order chi connectivity index (χ1) is 11.0. The predicted molar refractivity (Wildman–Crippen MR) is 88.3 cm³/mol. The summed E-state index contributed by atoms with van der Waals surface area (Å²) in [7, 11) is -2.90. The molecule has 0 aliphatic carbocycles. The van der Waals surface area contributed by atoms with Crippen LogP contribution in [-0.2, 0) is 23.2 Å². The van der Waals surface area contributed by atoms with Crippen molar-refractivity contribution in [3.8, 4) is 0 Å². The fourth-order valence-corrected chi connectivity index (χ4v) is 2.54. The topological polar surface area (TPSA) is 134 Å². The van der Waals surface area contributed by atoms with Crippen LogP contribution in [0.2, 0.25) is 0 Å². The molecule has 9 nitrogen and oxygen atoms in total. The summed E-state index contributed by atoms with van der Waals surface area (Å²) in [5.41, 5.74) is -1.11. The van der Waals surface area contributed by atoms with Crippen LogP contribution in [0.3, 0.4) is 0 Å². The normalized spacial score (nSPS) is 17.0. The van der Waals surface area contributed by atoms with Crippen molar-refractivity contribution in [1.82, 2.24) is 10.6 Å². The second kappa shape index (κ2) is 10.2. The van der Waals surface area contributed by atoms with E-state index in [0.717, 1.165) is 6.42 Å². The second-order valence-electron chi connectivity index (χ2n) is 6.17. The minimum Gasteiger partial charge on any atom is -0.383 e. The number of nitrogens with one attached hydrogen (secondary N) is 2. The molecule has 4 N–H and O–H groups in total. The number of rotatable bonds is 12. The molecule has 0 rings (SSSR count). The van der Waals surface area contributed by atoms with E-state index in [1.807, 2.05) is 6.92 Å². The van der Waals surface area contributed by atoms with Crippen molar-refractivity contribution in [2.75, 3.05) is 26.8 Å². The van der Waals surface area contributed by atoms with E-state index in [9.17, 15) is 24.2 Å². The highest BCUT2D eigenvalue weighted by atomic mass is 31.2. The SMILES string of the molecule is CCCNC(=O)C(O)C(C)(C)COP(=O)(O)OCC(NC)C(C)=O. The third kappa shape index (κ3) is 8.32. The Labute approximate surface area is 142 Å². The minimum absolute atomic E-state index is 0.249. The lowest BCUT2D eigenvalue weighted by Gasteiger charge is -2.29. The van der Waals surface area contributed by atoms with Crippen molar-refractivity contribution in [2.24, 2.45) is 5.41 Å². The maximum Gasteiger partial charge on any atom is 0.472 e. The summed E-state index contributed by atoms with van der Waals surface area (Å²) < 4.78 is 21.5. The highest BCUT2D eigenvalue weighted by Crippen LogP contribution is 2.45. The molecule has 3 unspecified atom stereocenters. The summed E-state index contributed by atoms with van der Waals surface area (Å²) in [4.78, 5) is 32.7. The molecule has 0 bridgehead atoms. The molecule has 142 valence electrons. The van der Waals surface area contributed by atoms with E-state index in [-0.39, 0.29) is 19.0 Å². The van der Waals surface area contributed by atoms with Crippen LogP contribution in [0.5, 0.6) is 0 Å². The van der Waals surface area contributed by atoms with E-state index >= 15 is 0 Å². The van der Waals surface area contributed by atoms with Gasteiger partial charge in [0.1, 0.15) is 11.9 Å². The molecule has 0 heterocycles. The molecule has 0 fully saturated rings. The van der Waals surface area contributed by atoms with Crippen LogP contribution < -0.4 is 10.6 Å². The van der Waals surface area contributed by atoms with E-state index in [2.05, 4.69) is 10.6 Å². The summed E-state index contributed by atoms with van der Waals surface area (Å²) >= 11 is 0. The van der Waals surface area contributed by atoms with Gasteiger partial charge in [0.2, 0.25) is 5.91 Å². The average molecular weight is 368 g/mol. The monoisotopic (exact) mass is 368 g/mol. The maximum atomic E-state index is 11.9. The third-order valence-electron chi connectivity index (χ3n) is 3.38. The molecule has 0 aromatic rings. The molecule has 0 aromatic carbocycles. The number of hydrogen-bond donors (Lipinski definition) is 4. The standard InChI is InChI=1S/C14H29N2O7P/c1-6-7-16-13(19)12(18)14(3,4)9-23-24(20,21)22-8-11(15-5)10(2)17/h11-12,15,18H,6-9H2,1-5H3,(H,16,19)(H,20,21). The van der Waals surface area contributed by atoms with E-state index in [4.69, 9.17) is 9.05 Å². The molecule has 0 aliphatic heterocycles. The Morgan fingerprint density at radius 2 is 1.88 bits per heavy atom. The Hall–Kier alpha value is -0.830. The Balaban J connectivity index is 4.58. The van der Waals surface area contributed by atoms with Crippen molar-refractivity contribution in [1.29, 1.82) is 0 Å². The lowest BCUT2D eigenvalue weighted by Crippen LogP contribution is -2.46. The summed E-state index contributed by atoms with van der Waals surface area (Å²) in [5.74, 6) is -0.827. The van der Waals surface area contributed by atoms with Crippen LogP contribution in [0, 0.1) is 5.41 Å². The second-order valence-corrected chi connectivity index (χ2v) is 7.63. The number of amides is 1. The highest BCUT2D eigenvalue weighted by Gasteiger charge is 2.36. The van der Waals surface area contributed by atoms with Crippen molar-refractivity contribution < 1.29 is 33.2 Å². The van der Waals surface area contributed by atoms with E-state index < -0.39 is 31.3 Å². The quantitative estimate of drug-likeness (QED) is 0.359. The average Bonchev–Trinajstić information content (AvgIpc) is 2.50. The van der Waals surface area contributed by atoms with Gasteiger partial charge < -0.3 is 20.6 Å². The lowest BCUT2D eigenvalue weighted by atomic mass is 9.87. The maximum absolute atomic E-state index is 11.9. The zero-order valence-corrected chi connectivity index (χ0v) is 15.8. The van der Waals surface area contributed by atoms with Gasteiger partial charge in [-0.2, -0.15) is 0 Å². The molecular formula is C14H29N2O7P. The van der Waals surface area contributed by atoms with E-state index in [1.54, 1.807) is 0 Å². The largest absolute Gasteiger partial charge is 0.472 e. The van der Waals surface area contributed by atoms with Crippen molar-refractivity contribution in [3.63, 3.8) is 0 Å². The number of hydrogen-bond acceptors (Lipinski definition) is 7. The first-order valence-corrected chi connectivity index (χ1v) is 9.21. The number of phosphoric acid groups is 1. The fourth-order valence-electron chi connectivity index (χ4n) is 1.64. The van der Waals surface area contributed by atoms with E-state index in [1.165, 1.54) is 27.8 Å². The summed E-state index contributed by atoms with van der Waals surface area (Å²) in [6.07, 6.45) is -0.691. The van der Waals surface area contributed by atoms with Gasteiger partial charge in [0.05, 0.1) is 19.3 Å². The number of Topliss-reactive ketones (excluding diaryl/α,β-unsaturated/α-hetero) is 1. The van der Waals surface area contributed by atoms with Gasteiger partial charge in [0.25, 0.3) is 0 Å². The first kappa shape index (κ1) is 23.2. The van der Waals surface area contributed by atoms with Gasteiger partial charge in [-0.15, -0.1) is 0 Å². The van der Waals surface area contributed by atoms with Crippen LogP contribution in [0.25, 0.3) is 0 Å². The summed E-state index contributed by atoms with van der Waals surface area (Å²) in [6, 6.07) is -0.729. The summed E-state index contributed by atoms with van der Waals surface area (Å²) in [5, 5.41) is 15.2. The molecule has 0 radical (unpaired) electrons. The Kier molecular flexibility index (Phi) is 9.87. The Morgan fingerprint density at radius 3 is 2.33 bits per heavy atom. The molecule has 0 spiro atoms. The molecule has 3 atom stereocenters. The molecule has 0 saturated heterocycles. The zero-order valence-electron chi connectivity index (χ0n) is 14.9. The number of likely N-dealkylation sites (N-methyl/N-ethyl adjacent to an activating group) is 1. The van der Waals surface area contributed by atoms with Gasteiger partial charge in [-0.05, 0) is 20.4 Å². The van der Waals surface area contributed by atoms with Crippen molar-refractivity contribution >= 4 is 19.5 Å². The predicted octanol–water partition coefficient (Wildman–Crippen LogP) is 0.210. The van der Waals surface area contributed by atoms with Crippen LogP contribution >= 0.6 is 7.82 Å². The number of carbonyl (C=O) groups excluding carboxylic acids is 2. The van der Waals surface area contributed by atoms with Crippen LogP contribution in [0.4, 0.5) is 0 Å².